The summed E-state index contributed by atoms with van der Waals surface area (Å²) in [5.74, 6) is 2.03. The van der Waals surface area contributed by atoms with Crippen LogP contribution in [0.2, 0.25) is 0 Å². The molecule has 3 heterocycles. The lowest BCUT2D eigenvalue weighted by Gasteiger charge is -2.34. The quantitative estimate of drug-likeness (QED) is 0.901. The molecule has 0 aliphatic carbocycles. The van der Waals surface area contributed by atoms with E-state index in [0.717, 1.165) is 54.4 Å². The van der Waals surface area contributed by atoms with Gasteiger partial charge < -0.3 is 4.90 Å². The predicted octanol–water partition coefficient (Wildman–Crippen LogP) is 2.56. The molecule has 1 atom stereocenters. The highest BCUT2D eigenvalue weighted by molar-refractivity contribution is 5.79. The minimum absolute atomic E-state index is 0.00115. The molecule has 0 spiro atoms. The van der Waals surface area contributed by atoms with Crippen LogP contribution in [0.1, 0.15) is 73.7 Å². The molecule has 2 N–H and O–H groups in total. The fraction of sp³-hybridized carbons (Fsp3) is 0.647. The molecule has 1 aliphatic rings. The monoisotopic (exact) mass is 330 g/mol. The molecule has 1 amide bonds. The minimum Gasteiger partial charge on any atom is -0.332 e. The molecule has 1 saturated heterocycles. The van der Waals surface area contributed by atoms with Gasteiger partial charge in [0.2, 0.25) is 5.91 Å². The summed E-state index contributed by atoms with van der Waals surface area (Å²) < 4.78 is 0. The Labute approximate surface area is 142 Å². The highest BCUT2D eigenvalue weighted by atomic mass is 16.2. The number of aryl methyl sites for hydroxylation is 2. The maximum absolute atomic E-state index is 12.9. The van der Waals surface area contributed by atoms with E-state index in [1.807, 2.05) is 18.7 Å². The topological polar surface area (TPSA) is 90.6 Å². The fourth-order valence-corrected chi connectivity index (χ4v) is 3.30. The highest BCUT2D eigenvalue weighted by Crippen LogP contribution is 2.30. The highest BCUT2D eigenvalue weighted by Gasteiger charge is 2.31. The van der Waals surface area contributed by atoms with Crippen molar-refractivity contribution in [1.29, 1.82) is 0 Å². The zero-order valence-electron chi connectivity index (χ0n) is 14.9. The molecule has 0 bridgehead atoms. The lowest BCUT2D eigenvalue weighted by atomic mass is 10.00. The molecular weight excluding hydrogens is 304 g/mol. The van der Waals surface area contributed by atoms with Crippen molar-refractivity contribution in [1.82, 2.24) is 30.3 Å². The third-order valence-corrected chi connectivity index (χ3v) is 4.78. The molecule has 0 unspecified atom stereocenters. The van der Waals surface area contributed by atoms with Gasteiger partial charge in [-0.05, 0) is 33.1 Å². The molecule has 1 fully saturated rings. The second-order valence-corrected chi connectivity index (χ2v) is 6.92. The number of nitrogens with one attached hydrogen (secondary N) is 2. The molecule has 2 aromatic rings. The van der Waals surface area contributed by atoms with Crippen LogP contribution in [0.3, 0.4) is 0 Å². The normalized spacial score (nSPS) is 18.4. The second-order valence-electron chi connectivity index (χ2n) is 6.92. The first-order valence-corrected chi connectivity index (χ1v) is 8.69. The van der Waals surface area contributed by atoms with Crippen LogP contribution in [0, 0.1) is 13.8 Å². The third kappa shape index (κ3) is 3.20. The molecule has 0 saturated carbocycles. The Morgan fingerprint density at radius 2 is 2.04 bits per heavy atom. The summed E-state index contributed by atoms with van der Waals surface area (Å²) >= 11 is 0. The number of aromatic nitrogens is 5. The maximum atomic E-state index is 12.9. The van der Waals surface area contributed by atoms with Crippen LogP contribution in [-0.4, -0.2) is 42.7 Å². The summed E-state index contributed by atoms with van der Waals surface area (Å²) in [6.07, 6.45) is 3.46. The number of likely N-dealkylation sites (tertiary alicyclic amines) is 1. The van der Waals surface area contributed by atoms with Gasteiger partial charge >= 0.3 is 0 Å². The van der Waals surface area contributed by atoms with Gasteiger partial charge in [0.05, 0.1) is 18.2 Å². The summed E-state index contributed by atoms with van der Waals surface area (Å²) in [6.45, 7) is 8.81. The smallest absolute Gasteiger partial charge is 0.227 e. The standard InChI is InChI=1S/C17H26N6O/c1-10(2)16-18-17(22-21-16)14-7-5-6-8-23(14)15(24)9-13-11(3)19-20-12(13)4/h10,14H,5-9H2,1-4H3,(H,19,20)(H,18,21,22)/t14-/m0/s1. The van der Waals surface area contributed by atoms with Gasteiger partial charge in [0, 0.05) is 23.7 Å². The van der Waals surface area contributed by atoms with E-state index in [2.05, 4.69) is 39.2 Å². The van der Waals surface area contributed by atoms with Crippen LogP contribution in [0.25, 0.3) is 0 Å². The number of nitrogens with zero attached hydrogens (tertiary/aromatic N) is 4. The number of hydrogen-bond donors (Lipinski definition) is 2. The van der Waals surface area contributed by atoms with E-state index in [1.165, 1.54) is 0 Å². The van der Waals surface area contributed by atoms with Crippen LogP contribution < -0.4 is 0 Å². The van der Waals surface area contributed by atoms with Gasteiger partial charge in [-0.15, -0.1) is 0 Å². The van der Waals surface area contributed by atoms with Gasteiger partial charge in [0.15, 0.2) is 5.82 Å². The number of carbonyl (C=O) groups is 1. The van der Waals surface area contributed by atoms with Crippen molar-refractivity contribution in [2.45, 2.75) is 65.3 Å². The molecule has 2 aromatic heterocycles. The molecule has 0 aromatic carbocycles. The van der Waals surface area contributed by atoms with Crippen molar-refractivity contribution >= 4 is 5.91 Å². The Balaban J connectivity index is 1.79. The first kappa shape index (κ1) is 16.7. The summed E-state index contributed by atoms with van der Waals surface area (Å²) in [4.78, 5) is 19.5. The van der Waals surface area contributed by atoms with E-state index in [0.29, 0.717) is 6.42 Å². The average molecular weight is 330 g/mol. The Morgan fingerprint density at radius 1 is 1.25 bits per heavy atom. The number of amides is 1. The molecular formula is C17H26N6O. The van der Waals surface area contributed by atoms with Crippen molar-refractivity contribution in [2.75, 3.05) is 6.54 Å². The molecule has 3 rings (SSSR count). The molecule has 130 valence electrons. The number of carbonyl (C=O) groups excluding carboxylic acids is 1. The van der Waals surface area contributed by atoms with Crippen LogP contribution in [-0.2, 0) is 11.2 Å². The van der Waals surface area contributed by atoms with Crippen LogP contribution >= 0.6 is 0 Å². The van der Waals surface area contributed by atoms with E-state index in [1.54, 1.807) is 0 Å². The molecule has 7 nitrogen and oxygen atoms in total. The zero-order chi connectivity index (χ0) is 17.3. The Bertz CT molecular complexity index is 697. The number of aromatic amines is 2. The SMILES string of the molecule is Cc1n[nH]c(C)c1CC(=O)N1CCCC[C@H]1c1nc(C(C)C)n[nH]1. The predicted molar refractivity (Wildman–Crippen MR) is 90.5 cm³/mol. The fourth-order valence-electron chi connectivity index (χ4n) is 3.30. The number of rotatable bonds is 4. The third-order valence-electron chi connectivity index (χ3n) is 4.78. The average Bonchev–Trinajstić information content (AvgIpc) is 3.17. The molecule has 7 heteroatoms. The van der Waals surface area contributed by atoms with Crippen molar-refractivity contribution in [3.05, 3.63) is 28.6 Å². The van der Waals surface area contributed by atoms with Crippen LogP contribution in [0.15, 0.2) is 0 Å². The largest absolute Gasteiger partial charge is 0.332 e. The van der Waals surface area contributed by atoms with Crippen molar-refractivity contribution in [2.24, 2.45) is 0 Å². The van der Waals surface area contributed by atoms with Crippen molar-refractivity contribution < 1.29 is 4.79 Å². The Kier molecular flexibility index (Phi) is 4.69. The number of piperidine rings is 1. The number of H-pyrrole nitrogens is 2. The Morgan fingerprint density at radius 3 is 2.67 bits per heavy atom. The molecule has 0 radical (unpaired) electrons. The van der Waals surface area contributed by atoms with E-state index < -0.39 is 0 Å². The number of hydrogen-bond acceptors (Lipinski definition) is 4. The van der Waals surface area contributed by atoms with E-state index in [9.17, 15) is 4.79 Å². The van der Waals surface area contributed by atoms with Crippen molar-refractivity contribution in [3.8, 4) is 0 Å². The van der Waals surface area contributed by atoms with Gasteiger partial charge in [-0.1, -0.05) is 13.8 Å². The lowest BCUT2D eigenvalue weighted by Crippen LogP contribution is -2.40. The summed E-state index contributed by atoms with van der Waals surface area (Å²) in [5, 5.41) is 14.5. The summed E-state index contributed by atoms with van der Waals surface area (Å²) in [6, 6.07) is -0.00115. The minimum atomic E-state index is -0.00115. The maximum Gasteiger partial charge on any atom is 0.227 e. The lowest BCUT2D eigenvalue weighted by molar-refractivity contribution is -0.134. The van der Waals surface area contributed by atoms with E-state index >= 15 is 0 Å². The van der Waals surface area contributed by atoms with E-state index in [4.69, 9.17) is 0 Å². The van der Waals surface area contributed by atoms with E-state index in [-0.39, 0.29) is 17.9 Å². The summed E-state index contributed by atoms with van der Waals surface area (Å²) in [7, 11) is 0. The first-order valence-electron chi connectivity index (χ1n) is 8.69. The molecule has 1 aliphatic heterocycles. The first-order chi connectivity index (χ1) is 11.5. The Hall–Kier alpha value is -2.18. The van der Waals surface area contributed by atoms with Gasteiger partial charge in [-0.25, -0.2) is 4.98 Å². The molecule has 24 heavy (non-hydrogen) atoms. The zero-order valence-corrected chi connectivity index (χ0v) is 14.9. The second kappa shape index (κ2) is 6.75. The van der Waals surface area contributed by atoms with Gasteiger partial charge in [-0.3, -0.25) is 15.0 Å². The van der Waals surface area contributed by atoms with Gasteiger partial charge in [-0.2, -0.15) is 10.2 Å². The summed E-state index contributed by atoms with van der Waals surface area (Å²) in [5.41, 5.74) is 2.87. The van der Waals surface area contributed by atoms with Crippen LogP contribution in [0.5, 0.6) is 0 Å². The van der Waals surface area contributed by atoms with Crippen LogP contribution in [0.4, 0.5) is 0 Å². The van der Waals surface area contributed by atoms with Gasteiger partial charge in [0.1, 0.15) is 5.82 Å². The van der Waals surface area contributed by atoms with Crippen molar-refractivity contribution in [3.63, 3.8) is 0 Å². The van der Waals surface area contributed by atoms with Gasteiger partial charge in [0.25, 0.3) is 0 Å².